The van der Waals surface area contributed by atoms with Crippen molar-refractivity contribution in [2.24, 2.45) is 0 Å². The topological polar surface area (TPSA) is 58.2 Å². The van der Waals surface area contributed by atoms with Gasteiger partial charge in [-0.2, -0.15) is 0 Å². The Morgan fingerprint density at radius 3 is 2.32 bits per heavy atom. The van der Waals surface area contributed by atoms with Gasteiger partial charge in [0.1, 0.15) is 0 Å². The second-order valence-corrected chi connectivity index (χ2v) is 5.55. The highest BCUT2D eigenvalue weighted by Crippen LogP contribution is 2.17. The van der Waals surface area contributed by atoms with E-state index in [1.807, 2.05) is 0 Å². The number of nitrogens with one attached hydrogen (secondary N) is 2. The van der Waals surface area contributed by atoms with E-state index in [2.05, 4.69) is 10.6 Å². The van der Waals surface area contributed by atoms with Gasteiger partial charge in [0.05, 0.1) is 0 Å². The van der Waals surface area contributed by atoms with E-state index in [9.17, 15) is 9.59 Å². The van der Waals surface area contributed by atoms with Crippen LogP contribution in [0.3, 0.4) is 0 Å². The van der Waals surface area contributed by atoms with Gasteiger partial charge in [-0.1, -0.05) is 32.1 Å². The molecule has 1 aliphatic rings. The van der Waals surface area contributed by atoms with E-state index in [1.54, 1.807) is 6.92 Å². The van der Waals surface area contributed by atoms with Gasteiger partial charge in [-0.05, 0) is 25.7 Å². The van der Waals surface area contributed by atoms with Crippen molar-refractivity contribution < 1.29 is 9.59 Å². The standard InChI is InChI=1S/C15H28N2O2/c1-13(18)16-12-8-4-2-3-5-11-15(19)17-14-9-6-7-10-14/h14H,2-12H2,1H3,(H,16,18)(H,17,19). The average molecular weight is 268 g/mol. The van der Waals surface area contributed by atoms with E-state index < -0.39 is 0 Å². The summed E-state index contributed by atoms with van der Waals surface area (Å²) in [6, 6.07) is 0.449. The molecule has 0 unspecified atom stereocenters. The Balaban J connectivity index is 1.84. The number of carbonyl (C=O) groups excluding carboxylic acids is 2. The van der Waals surface area contributed by atoms with Crippen LogP contribution in [0.4, 0.5) is 0 Å². The monoisotopic (exact) mass is 268 g/mol. The van der Waals surface area contributed by atoms with E-state index in [4.69, 9.17) is 0 Å². The minimum atomic E-state index is 0.0450. The first-order valence-electron chi connectivity index (χ1n) is 7.72. The zero-order chi connectivity index (χ0) is 13.9. The first-order valence-corrected chi connectivity index (χ1v) is 7.72. The molecular formula is C15H28N2O2. The molecule has 1 aliphatic carbocycles. The van der Waals surface area contributed by atoms with E-state index in [0.717, 1.165) is 51.5 Å². The molecule has 0 aromatic rings. The lowest BCUT2D eigenvalue weighted by atomic mass is 10.1. The fourth-order valence-corrected chi connectivity index (χ4v) is 2.58. The van der Waals surface area contributed by atoms with Crippen LogP contribution in [0.1, 0.15) is 71.1 Å². The first kappa shape index (κ1) is 16.0. The Bertz CT molecular complexity index is 273. The van der Waals surface area contributed by atoms with Gasteiger partial charge >= 0.3 is 0 Å². The predicted octanol–water partition coefficient (Wildman–Crippen LogP) is 2.52. The Hall–Kier alpha value is -1.06. The highest BCUT2D eigenvalue weighted by atomic mass is 16.2. The van der Waals surface area contributed by atoms with E-state index in [-0.39, 0.29) is 11.8 Å². The molecule has 2 N–H and O–H groups in total. The second kappa shape index (κ2) is 9.82. The summed E-state index contributed by atoms with van der Waals surface area (Å²) in [5, 5.41) is 5.91. The summed E-state index contributed by atoms with van der Waals surface area (Å²) in [7, 11) is 0. The largest absolute Gasteiger partial charge is 0.356 e. The summed E-state index contributed by atoms with van der Waals surface area (Å²) >= 11 is 0. The molecule has 110 valence electrons. The van der Waals surface area contributed by atoms with Crippen LogP contribution in [-0.2, 0) is 9.59 Å². The molecule has 4 heteroatoms. The third-order valence-electron chi connectivity index (χ3n) is 3.67. The van der Waals surface area contributed by atoms with Crippen LogP contribution in [0.5, 0.6) is 0 Å². The lowest BCUT2D eigenvalue weighted by Crippen LogP contribution is -2.32. The third kappa shape index (κ3) is 8.62. The molecular weight excluding hydrogens is 240 g/mol. The average Bonchev–Trinajstić information content (AvgIpc) is 2.85. The first-order chi connectivity index (χ1) is 9.18. The van der Waals surface area contributed by atoms with Crippen molar-refractivity contribution >= 4 is 11.8 Å². The normalized spacial score (nSPS) is 15.4. The number of carbonyl (C=O) groups is 2. The van der Waals surface area contributed by atoms with Gasteiger partial charge in [0.15, 0.2) is 0 Å². The van der Waals surface area contributed by atoms with Gasteiger partial charge in [0.25, 0.3) is 0 Å². The van der Waals surface area contributed by atoms with Gasteiger partial charge in [0, 0.05) is 25.9 Å². The van der Waals surface area contributed by atoms with Crippen LogP contribution < -0.4 is 10.6 Å². The minimum absolute atomic E-state index is 0.0450. The smallest absolute Gasteiger partial charge is 0.220 e. The molecule has 0 aliphatic heterocycles. The number of rotatable bonds is 9. The zero-order valence-electron chi connectivity index (χ0n) is 12.2. The molecule has 1 rings (SSSR count). The van der Waals surface area contributed by atoms with Crippen LogP contribution in [0.25, 0.3) is 0 Å². The SMILES string of the molecule is CC(=O)NCCCCCCCC(=O)NC1CCCC1. The van der Waals surface area contributed by atoms with Crippen LogP contribution in [0, 0.1) is 0 Å². The van der Waals surface area contributed by atoms with Crippen molar-refractivity contribution in [2.75, 3.05) is 6.54 Å². The number of unbranched alkanes of at least 4 members (excludes halogenated alkanes) is 4. The maximum Gasteiger partial charge on any atom is 0.220 e. The summed E-state index contributed by atoms with van der Waals surface area (Å²) in [4.78, 5) is 22.3. The minimum Gasteiger partial charge on any atom is -0.356 e. The maximum atomic E-state index is 11.7. The molecule has 0 saturated heterocycles. The van der Waals surface area contributed by atoms with Crippen molar-refractivity contribution in [1.29, 1.82) is 0 Å². The Morgan fingerprint density at radius 2 is 1.63 bits per heavy atom. The molecule has 2 amide bonds. The molecule has 4 nitrogen and oxygen atoms in total. The highest BCUT2D eigenvalue weighted by molar-refractivity contribution is 5.76. The molecule has 0 aromatic carbocycles. The summed E-state index contributed by atoms with van der Waals surface area (Å²) in [6.45, 7) is 2.32. The van der Waals surface area contributed by atoms with Gasteiger partial charge in [-0.25, -0.2) is 0 Å². The number of hydrogen-bond acceptors (Lipinski definition) is 2. The van der Waals surface area contributed by atoms with Crippen molar-refractivity contribution in [1.82, 2.24) is 10.6 Å². The molecule has 1 saturated carbocycles. The molecule has 0 spiro atoms. The van der Waals surface area contributed by atoms with Crippen LogP contribution in [0.2, 0.25) is 0 Å². The predicted molar refractivity (Wildman–Crippen MR) is 76.8 cm³/mol. The Kier molecular flexibility index (Phi) is 8.26. The number of hydrogen-bond donors (Lipinski definition) is 2. The van der Waals surface area contributed by atoms with E-state index >= 15 is 0 Å². The molecule has 0 bridgehead atoms. The molecule has 0 radical (unpaired) electrons. The fourth-order valence-electron chi connectivity index (χ4n) is 2.58. The summed E-state index contributed by atoms with van der Waals surface area (Å²) < 4.78 is 0. The van der Waals surface area contributed by atoms with Crippen molar-refractivity contribution in [2.45, 2.75) is 77.2 Å². The number of amides is 2. The second-order valence-electron chi connectivity index (χ2n) is 5.55. The van der Waals surface area contributed by atoms with Gasteiger partial charge < -0.3 is 10.6 Å². The molecule has 19 heavy (non-hydrogen) atoms. The Morgan fingerprint density at radius 1 is 1.00 bits per heavy atom. The van der Waals surface area contributed by atoms with E-state index in [1.165, 1.54) is 12.8 Å². The lowest BCUT2D eigenvalue weighted by Gasteiger charge is -2.11. The van der Waals surface area contributed by atoms with E-state index in [0.29, 0.717) is 12.5 Å². The summed E-state index contributed by atoms with van der Waals surface area (Å²) in [6.07, 6.45) is 10.9. The third-order valence-corrected chi connectivity index (χ3v) is 3.67. The molecule has 0 atom stereocenters. The zero-order valence-corrected chi connectivity index (χ0v) is 12.2. The fraction of sp³-hybridized carbons (Fsp3) is 0.867. The highest BCUT2D eigenvalue weighted by Gasteiger charge is 2.16. The van der Waals surface area contributed by atoms with Crippen molar-refractivity contribution in [3.63, 3.8) is 0 Å². The quantitative estimate of drug-likeness (QED) is 0.631. The molecule has 0 heterocycles. The van der Waals surface area contributed by atoms with Crippen molar-refractivity contribution in [3.05, 3.63) is 0 Å². The summed E-state index contributed by atoms with van der Waals surface area (Å²) in [5.74, 6) is 0.272. The maximum absolute atomic E-state index is 11.7. The van der Waals surface area contributed by atoms with Crippen LogP contribution in [0.15, 0.2) is 0 Å². The van der Waals surface area contributed by atoms with Gasteiger partial charge in [-0.15, -0.1) is 0 Å². The van der Waals surface area contributed by atoms with Crippen LogP contribution in [-0.4, -0.2) is 24.4 Å². The van der Waals surface area contributed by atoms with Gasteiger partial charge in [0.2, 0.25) is 11.8 Å². The van der Waals surface area contributed by atoms with Gasteiger partial charge in [-0.3, -0.25) is 9.59 Å². The molecule has 0 aromatic heterocycles. The Labute approximate surface area is 116 Å². The summed E-state index contributed by atoms with van der Waals surface area (Å²) in [5.41, 5.74) is 0. The van der Waals surface area contributed by atoms with Crippen molar-refractivity contribution in [3.8, 4) is 0 Å². The molecule has 1 fully saturated rings. The van der Waals surface area contributed by atoms with Crippen LogP contribution >= 0.6 is 0 Å². The lowest BCUT2D eigenvalue weighted by molar-refractivity contribution is -0.122.